The van der Waals surface area contributed by atoms with Crippen molar-refractivity contribution in [2.24, 2.45) is 0 Å². The summed E-state index contributed by atoms with van der Waals surface area (Å²) in [4.78, 5) is 13.9. The van der Waals surface area contributed by atoms with Gasteiger partial charge in [0.2, 0.25) is 5.91 Å². The van der Waals surface area contributed by atoms with Crippen molar-refractivity contribution in [2.45, 2.75) is 5.75 Å². The van der Waals surface area contributed by atoms with E-state index in [1.165, 1.54) is 0 Å². The van der Waals surface area contributed by atoms with Crippen molar-refractivity contribution in [1.82, 2.24) is 10.2 Å². The summed E-state index contributed by atoms with van der Waals surface area (Å²) in [7, 11) is -1.24. The molecule has 144 valence electrons. The molecule has 1 N–H and O–H groups in total. The number of hydrogen-bond acceptors (Lipinski definition) is 4. The average Bonchev–Trinajstić information content (AvgIpc) is 2.67. The highest BCUT2D eigenvalue weighted by molar-refractivity contribution is 7.84. The SMILES string of the molecule is O=C(CS(=O)Cc1ccc(Oc2ccc(Cl)c(Cl)c2)cc1)N1CCNCC1. The van der Waals surface area contributed by atoms with E-state index in [4.69, 9.17) is 27.9 Å². The second-order valence-electron chi connectivity index (χ2n) is 6.18. The third-order valence-electron chi connectivity index (χ3n) is 4.13. The van der Waals surface area contributed by atoms with Crippen molar-refractivity contribution < 1.29 is 13.7 Å². The van der Waals surface area contributed by atoms with Gasteiger partial charge in [-0.2, -0.15) is 0 Å². The number of rotatable bonds is 6. The van der Waals surface area contributed by atoms with Gasteiger partial charge in [0, 0.05) is 48.8 Å². The minimum absolute atomic E-state index is 0.0468. The zero-order valence-corrected chi connectivity index (χ0v) is 16.9. The van der Waals surface area contributed by atoms with Gasteiger partial charge in [-0.05, 0) is 29.8 Å². The lowest BCUT2D eigenvalue weighted by molar-refractivity contribution is -0.128. The molecule has 1 fully saturated rings. The molecule has 1 atom stereocenters. The maximum Gasteiger partial charge on any atom is 0.235 e. The Hall–Kier alpha value is -1.60. The van der Waals surface area contributed by atoms with Gasteiger partial charge in [0.25, 0.3) is 0 Å². The van der Waals surface area contributed by atoms with Crippen LogP contribution in [0.4, 0.5) is 0 Å². The Bertz CT molecular complexity index is 824. The van der Waals surface area contributed by atoms with Crippen molar-refractivity contribution in [3.05, 3.63) is 58.1 Å². The lowest BCUT2D eigenvalue weighted by atomic mass is 10.2. The molecule has 5 nitrogen and oxygen atoms in total. The number of nitrogens with zero attached hydrogens (tertiary/aromatic N) is 1. The number of halogens is 2. The number of piperazine rings is 1. The third kappa shape index (κ3) is 5.94. The van der Waals surface area contributed by atoms with E-state index in [0.717, 1.165) is 18.7 Å². The van der Waals surface area contributed by atoms with Crippen LogP contribution in [0, 0.1) is 0 Å². The average molecular weight is 427 g/mol. The van der Waals surface area contributed by atoms with Gasteiger partial charge in [0.05, 0.1) is 10.0 Å². The molecule has 0 radical (unpaired) electrons. The molecule has 27 heavy (non-hydrogen) atoms. The second-order valence-corrected chi connectivity index (χ2v) is 8.45. The fourth-order valence-electron chi connectivity index (χ4n) is 2.71. The minimum Gasteiger partial charge on any atom is -0.457 e. The Balaban J connectivity index is 1.52. The van der Waals surface area contributed by atoms with Crippen LogP contribution in [0.15, 0.2) is 42.5 Å². The first-order valence-electron chi connectivity index (χ1n) is 8.56. The van der Waals surface area contributed by atoms with E-state index < -0.39 is 10.8 Å². The first-order valence-corrected chi connectivity index (χ1v) is 10.8. The Morgan fingerprint density at radius 2 is 1.70 bits per heavy atom. The Morgan fingerprint density at radius 3 is 2.37 bits per heavy atom. The van der Waals surface area contributed by atoms with E-state index >= 15 is 0 Å². The highest BCUT2D eigenvalue weighted by Crippen LogP contribution is 2.29. The molecule has 0 aliphatic carbocycles. The number of carbonyl (C=O) groups is 1. The van der Waals surface area contributed by atoms with Crippen LogP contribution in [-0.2, 0) is 21.3 Å². The Labute approximate surface area is 171 Å². The summed E-state index contributed by atoms with van der Waals surface area (Å²) >= 11 is 11.9. The molecule has 0 aromatic heterocycles. The third-order valence-corrected chi connectivity index (χ3v) is 6.10. The molecule has 0 bridgehead atoms. The van der Waals surface area contributed by atoms with Crippen LogP contribution < -0.4 is 10.1 Å². The molecular formula is C19H20Cl2N2O3S. The van der Waals surface area contributed by atoms with Gasteiger partial charge in [-0.3, -0.25) is 9.00 Å². The first kappa shape index (κ1) is 20.1. The lowest BCUT2D eigenvalue weighted by Gasteiger charge is -2.27. The van der Waals surface area contributed by atoms with Crippen LogP contribution in [-0.4, -0.2) is 46.9 Å². The number of amides is 1. The summed E-state index contributed by atoms with van der Waals surface area (Å²) in [6.45, 7) is 2.94. The van der Waals surface area contributed by atoms with E-state index in [2.05, 4.69) is 5.32 Å². The number of carbonyl (C=O) groups excluding carboxylic acids is 1. The minimum atomic E-state index is -1.24. The Morgan fingerprint density at radius 1 is 1.04 bits per heavy atom. The quantitative estimate of drug-likeness (QED) is 0.767. The molecular weight excluding hydrogens is 407 g/mol. The first-order chi connectivity index (χ1) is 13.0. The molecule has 8 heteroatoms. The molecule has 2 aromatic carbocycles. The predicted molar refractivity (Wildman–Crippen MR) is 109 cm³/mol. The van der Waals surface area contributed by atoms with Crippen LogP contribution in [0.25, 0.3) is 0 Å². The summed E-state index contributed by atoms with van der Waals surface area (Å²) in [5, 5.41) is 4.09. The predicted octanol–water partition coefficient (Wildman–Crippen LogP) is 3.47. The van der Waals surface area contributed by atoms with E-state index in [0.29, 0.717) is 40.4 Å². The summed E-state index contributed by atoms with van der Waals surface area (Å²) < 4.78 is 18.0. The van der Waals surface area contributed by atoms with Gasteiger partial charge < -0.3 is 15.0 Å². The summed E-state index contributed by atoms with van der Waals surface area (Å²) in [5.41, 5.74) is 0.892. The maximum absolute atomic E-state index is 12.3. The smallest absolute Gasteiger partial charge is 0.235 e. The molecule has 1 aliphatic rings. The van der Waals surface area contributed by atoms with Gasteiger partial charge in [-0.25, -0.2) is 0 Å². The van der Waals surface area contributed by atoms with E-state index in [1.54, 1.807) is 35.2 Å². The normalized spacial score (nSPS) is 15.4. The van der Waals surface area contributed by atoms with Crippen LogP contribution >= 0.6 is 23.2 Å². The molecule has 1 unspecified atom stereocenters. The topological polar surface area (TPSA) is 58.6 Å². The van der Waals surface area contributed by atoms with Gasteiger partial charge in [0.15, 0.2) is 0 Å². The number of benzene rings is 2. The molecule has 1 aliphatic heterocycles. The van der Waals surface area contributed by atoms with Crippen molar-refractivity contribution >= 4 is 39.9 Å². The lowest BCUT2D eigenvalue weighted by Crippen LogP contribution is -2.47. The van der Waals surface area contributed by atoms with Crippen LogP contribution in [0.2, 0.25) is 10.0 Å². The molecule has 1 saturated heterocycles. The van der Waals surface area contributed by atoms with Gasteiger partial charge in [-0.1, -0.05) is 35.3 Å². The molecule has 1 heterocycles. The van der Waals surface area contributed by atoms with E-state index in [-0.39, 0.29) is 11.7 Å². The van der Waals surface area contributed by atoms with Gasteiger partial charge in [0.1, 0.15) is 17.3 Å². The second kappa shape index (κ2) is 9.55. The van der Waals surface area contributed by atoms with Crippen LogP contribution in [0.5, 0.6) is 11.5 Å². The zero-order valence-electron chi connectivity index (χ0n) is 14.6. The molecule has 2 aromatic rings. The molecule has 1 amide bonds. The van der Waals surface area contributed by atoms with E-state index in [9.17, 15) is 9.00 Å². The fraction of sp³-hybridized carbons (Fsp3) is 0.316. The van der Waals surface area contributed by atoms with Crippen molar-refractivity contribution in [2.75, 3.05) is 31.9 Å². The standard InChI is InChI=1S/C19H20Cl2N2O3S/c20-17-6-5-16(11-18(17)21)26-15-3-1-14(2-4-15)12-27(25)13-19(24)23-9-7-22-8-10-23/h1-6,11,22H,7-10,12-13H2. The highest BCUT2D eigenvalue weighted by atomic mass is 35.5. The van der Waals surface area contributed by atoms with E-state index in [1.807, 2.05) is 12.1 Å². The van der Waals surface area contributed by atoms with Crippen LogP contribution in [0.1, 0.15) is 5.56 Å². The highest BCUT2D eigenvalue weighted by Gasteiger charge is 2.18. The molecule has 0 spiro atoms. The number of ether oxygens (including phenoxy) is 1. The molecule has 0 saturated carbocycles. The monoisotopic (exact) mass is 426 g/mol. The van der Waals surface area contributed by atoms with Crippen molar-refractivity contribution in [3.8, 4) is 11.5 Å². The summed E-state index contributed by atoms with van der Waals surface area (Å²) in [6.07, 6.45) is 0. The van der Waals surface area contributed by atoms with Crippen molar-refractivity contribution in [1.29, 1.82) is 0 Å². The zero-order chi connectivity index (χ0) is 19.2. The number of nitrogens with one attached hydrogen (secondary N) is 1. The largest absolute Gasteiger partial charge is 0.457 e. The Kier molecular flexibility index (Phi) is 7.13. The van der Waals surface area contributed by atoms with Crippen LogP contribution in [0.3, 0.4) is 0 Å². The molecule has 3 rings (SSSR count). The van der Waals surface area contributed by atoms with Crippen molar-refractivity contribution in [3.63, 3.8) is 0 Å². The summed E-state index contributed by atoms with van der Waals surface area (Å²) in [5.74, 6) is 1.57. The van der Waals surface area contributed by atoms with Gasteiger partial charge >= 0.3 is 0 Å². The summed E-state index contributed by atoms with van der Waals surface area (Å²) in [6, 6.07) is 12.3. The number of hydrogen-bond donors (Lipinski definition) is 1. The fourth-order valence-corrected chi connectivity index (χ4v) is 4.12. The maximum atomic E-state index is 12.3. The van der Waals surface area contributed by atoms with Gasteiger partial charge in [-0.15, -0.1) is 0 Å².